The zero-order chi connectivity index (χ0) is 12.9. The molecule has 0 aliphatic carbocycles. The first kappa shape index (κ1) is 14.3. The molecule has 17 heavy (non-hydrogen) atoms. The minimum atomic E-state index is -0.433. The molecule has 1 fully saturated rings. The van der Waals surface area contributed by atoms with Gasteiger partial charge in [-0.15, -0.1) is 0 Å². The predicted molar refractivity (Wildman–Crippen MR) is 65.8 cm³/mol. The summed E-state index contributed by atoms with van der Waals surface area (Å²) in [5.41, 5.74) is 4.94. The molecule has 1 atom stereocenters. The molecule has 1 aliphatic heterocycles. The van der Waals surface area contributed by atoms with Crippen LogP contribution in [0.3, 0.4) is 0 Å². The van der Waals surface area contributed by atoms with E-state index in [0.29, 0.717) is 19.8 Å². The molecule has 1 aliphatic rings. The topological polar surface area (TPSA) is 64.8 Å². The van der Waals surface area contributed by atoms with Gasteiger partial charge in [-0.3, -0.25) is 0 Å². The van der Waals surface area contributed by atoms with Crippen molar-refractivity contribution in [1.29, 1.82) is 0 Å². The van der Waals surface area contributed by atoms with Gasteiger partial charge in [0.05, 0.1) is 12.6 Å². The number of hydrogen-bond donors (Lipinski definition) is 1. The fraction of sp³-hybridized carbons (Fsp3) is 0.917. The van der Waals surface area contributed by atoms with Crippen molar-refractivity contribution in [1.82, 2.24) is 4.90 Å². The molecule has 0 bridgehead atoms. The van der Waals surface area contributed by atoms with Gasteiger partial charge in [-0.05, 0) is 40.2 Å². The van der Waals surface area contributed by atoms with E-state index >= 15 is 0 Å². The molecule has 0 aromatic heterocycles. The van der Waals surface area contributed by atoms with Crippen LogP contribution in [-0.4, -0.2) is 48.9 Å². The quantitative estimate of drug-likeness (QED) is 0.742. The Labute approximate surface area is 103 Å². The Hall–Kier alpha value is -0.810. The molecule has 0 saturated carbocycles. The van der Waals surface area contributed by atoms with Crippen molar-refractivity contribution in [2.24, 2.45) is 5.73 Å². The van der Waals surface area contributed by atoms with E-state index in [-0.39, 0.29) is 12.1 Å². The van der Waals surface area contributed by atoms with Gasteiger partial charge in [-0.25, -0.2) is 4.79 Å². The molecule has 1 unspecified atom stereocenters. The summed E-state index contributed by atoms with van der Waals surface area (Å²) >= 11 is 0. The summed E-state index contributed by atoms with van der Waals surface area (Å²) in [6.07, 6.45) is 1.61. The van der Waals surface area contributed by atoms with Crippen molar-refractivity contribution >= 4 is 6.09 Å². The molecule has 1 amide bonds. The monoisotopic (exact) mass is 244 g/mol. The molecule has 2 N–H and O–H groups in total. The number of carbonyl (C=O) groups is 1. The summed E-state index contributed by atoms with van der Waals surface area (Å²) < 4.78 is 10.8. The van der Waals surface area contributed by atoms with E-state index in [2.05, 4.69) is 0 Å². The van der Waals surface area contributed by atoms with Gasteiger partial charge in [0.1, 0.15) is 5.60 Å². The zero-order valence-electron chi connectivity index (χ0n) is 11.1. The molecule has 1 rings (SSSR count). The number of nitrogens with zero attached hydrogens (tertiary/aromatic N) is 1. The van der Waals surface area contributed by atoms with Gasteiger partial charge in [-0.2, -0.15) is 0 Å². The van der Waals surface area contributed by atoms with Gasteiger partial charge in [0.15, 0.2) is 0 Å². The molecule has 0 spiro atoms. The van der Waals surface area contributed by atoms with E-state index < -0.39 is 5.60 Å². The van der Waals surface area contributed by atoms with Crippen LogP contribution in [0, 0.1) is 0 Å². The van der Waals surface area contributed by atoms with Crippen molar-refractivity contribution in [3.63, 3.8) is 0 Å². The van der Waals surface area contributed by atoms with Crippen LogP contribution >= 0.6 is 0 Å². The van der Waals surface area contributed by atoms with E-state index in [4.69, 9.17) is 15.2 Å². The molecular formula is C12H24N2O3. The first-order chi connectivity index (χ1) is 7.94. The molecule has 100 valence electrons. The maximum atomic E-state index is 11.8. The van der Waals surface area contributed by atoms with Crippen LogP contribution in [0.25, 0.3) is 0 Å². The van der Waals surface area contributed by atoms with Crippen molar-refractivity contribution < 1.29 is 14.3 Å². The highest BCUT2D eigenvalue weighted by Gasteiger charge is 2.35. The summed E-state index contributed by atoms with van der Waals surface area (Å²) in [5.74, 6) is 0. The fourth-order valence-corrected chi connectivity index (χ4v) is 1.58. The highest BCUT2D eigenvalue weighted by Crippen LogP contribution is 2.21. The largest absolute Gasteiger partial charge is 0.444 e. The van der Waals surface area contributed by atoms with Crippen LogP contribution in [-0.2, 0) is 9.47 Å². The first-order valence-electron chi connectivity index (χ1n) is 6.21. The third-order valence-corrected chi connectivity index (χ3v) is 2.58. The summed E-state index contributed by atoms with van der Waals surface area (Å²) in [6.45, 7) is 8.26. The highest BCUT2D eigenvalue weighted by atomic mass is 16.6. The third-order valence-electron chi connectivity index (χ3n) is 2.58. The minimum absolute atomic E-state index is 0.169. The zero-order valence-corrected chi connectivity index (χ0v) is 11.1. The lowest BCUT2D eigenvalue weighted by atomic mass is 10.1. The second kappa shape index (κ2) is 6.21. The lowest BCUT2D eigenvalue weighted by Crippen LogP contribution is -2.54. The number of ether oxygens (including phenoxy) is 2. The molecule has 1 saturated heterocycles. The van der Waals surface area contributed by atoms with Gasteiger partial charge >= 0.3 is 6.09 Å². The van der Waals surface area contributed by atoms with Gasteiger partial charge in [-0.1, -0.05) is 0 Å². The van der Waals surface area contributed by atoms with E-state index in [1.165, 1.54) is 0 Å². The van der Waals surface area contributed by atoms with Crippen LogP contribution in [0.15, 0.2) is 0 Å². The van der Waals surface area contributed by atoms with E-state index in [1.807, 2.05) is 20.8 Å². The fourth-order valence-electron chi connectivity index (χ4n) is 1.58. The van der Waals surface area contributed by atoms with Crippen molar-refractivity contribution in [3.05, 3.63) is 0 Å². The molecule has 0 aromatic rings. The van der Waals surface area contributed by atoms with Gasteiger partial charge < -0.3 is 20.1 Å². The average Bonchev–Trinajstić information content (AvgIpc) is 2.12. The number of nitrogens with two attached hydrogens (primary N) is 1. The number of amides is 1. The van der Waals surface area contributed by atoms with Crippen LogP contribution < -0.4 is 5.73 Å². The average molecular weight is 244 g/mol. The lowest BCUT2D eigenvalue weighted by molar-refractivity contribution is -0.0282. The van der Waals surface area contributed by atoms with Crippen LogP contribution in [0.4, 0.5) is 4.79 Å². The van der Waals surface area contributed by atoms with Crippen LogP contribution in [0.2, 0.25) is 0 Å². The van der Waals surface area contributed by atoms with Crippen LogP contribution in [0.1, 0.15) is 33.6 Å². The Bertz CT molecular complexity index is 251. The second-order valence-corrected chi connectivity index (χ2v) is 5.33. The van der Waals surface area contributed by atoms with Crippen molar-refractivity contribution in [2.45, 2.75) is 45.3 Å². The Kier molecular flexibility index (Phi) is 5.21. The standard InChI is InChI=1S/C12H24N2O3/c1-12(2,3)17-11(15)14-7-5-10(14)9-16-8-4-6-13/h10H,4-9,13H2,1-3H3. The van der Waals surface area contributed by atoms with E-state index in [1.54, 1.807) is 4.90 Å². The summed E-state index contributed by atoms with van der Waals surface area (Å²) in [7, 11) is 0. The van der Waals surface area contributed by atoms with Crippen LogP contribution in [0.5, 0.6) is 0 Å². The molecule has 0 aromatic carbocycles. The van der Waals surface area contributed by atoms with Crippen molar-refractivity contribution in [3.8, 4) is 0 Å². The summed E-state index contributed by atoms with van der Waals surface area (Å²) in [5, 5.41) is 0. The minimum Gasteiger partial charge on any atom is -0.444 e. The Balaban J connectivity index is 2.23. The van der Waals surface area contributed by atoms with E-state index in [0.717, 1.165) is 19.4 Å². The molecular weight excluding hydrogens is 220 g/mol. The van der Waals surface area contributed by atoms with E-state index in [9.17, 15) is 4.79 Å². The lowest BCUT2D eigenvalue weighted by Gasteiger charge is -2.41. The predicted octanol–water partition coefficient (Wildman–Crippen LogP) is 1.36. The molecule has 5 nitrogen and oxygen atoms in total. The third kappa shape index (κ3) is 4.91. The molecule has 0 radical (unpaired) electrons. The molecule has 5 heteroatoms. The van der Waals surface area contributed by atoms with Gasteiger partial charge in [0.2, 0.25) is 0 Å². The Morgan fingerprint density at radius 3 is 2.65 bits per heavy atom. The summed E-state index contributed by atoms with van der Waals surface area (Å²) in [6, 6.07) is 0.169. The number of rotatable bonds is 5. The number of carbonyl (C=O) groups excluding carboxylic acids is 1. The first-order valence-corrected chi connectivity index (χ1v) is 6.21. The summed E-state index contributed by atoms with van der Waals surface area (Å²) in [4.78, 5) is 13.5. The normalized spacial score (nSPS) is 20.0. The smallest absolute Gasteiger partial charge is 0.410 e. The number of likely N-dealkylation sites (tertiary alicyclic amines) is 1. The van der Waals surface area contributed by atoms with Crippen molar-refractivity contribution in [2.75, 3.05) is 26.3 Å². The van der Waals surface area contributed by atoms with Gasteiger partial charge in [0, 0.05) is 13.2 Å². The highest BCUT2D eigenvalue weighted by molar-refractivity contribution is 5.69. The SMILES string of the molecule is CC(C)(C)OC(=O)N1CCC1COCCCN. The Morgan fingerprint density at radius 2 is 2.18 bits per heavy atom. The Morgan fingerprint density at radius 1 is 1.47 bits per heavy atom. The number of hydrogen-bond acceptors (Lipinski definition) is 4. The second-order valence-electron chi connectivity index (χ2n) is 5.33. The maximum Gasteiger partial charge on any atom is 0.410 e. The van der Waals surface area contributed by atoms with Gasteiger partial charge in [0.25, 0.3) is 0 Å². The maximum absolute atomic E-state index is 11.8. The molecule has 1 heterocycles.